The van der Waals surface area contributed by atoms with Crippen LogP contribution < -0.4 is 0 Å². The summed E-state index contributed by atoms with van der Waals surface area (Å²) in [6, 6.07) is 0. The molecule has 0 saturated heterocycles. The van der Waals surface area contributed by atoms with E-state index in [1.165, 1.54) is 6.20 Å². The number of halogens is 3. The summed E-state index contributed by atoms with van der Waals surface area (Å²) in [5.41, 5.74) is -0.332. The zero-order valence-corrected chi connectivity index (χ0v) is 11.3. The van der Waals surface area contributed by atoms with Crippen molar-refractivity contribution in [3.8, 4) is 0 Å². The number of hydrogen-bond donors (Lipinski definition) is 1. The summed E-state index contributed by atoms with van der Waals surface area (Å²) in [6.07, 6.45) is 3.57. The molecule has 0 saturated carbocycles. The van der Waals surface area contributed by atoms with Crippen molar-refractivity contribution in [3.05, 3.63) is 35.1 Å². The van der Waals surface area contributed by atoms with Gasteiger partial charge in [-0.15, -0.1) is 0 Å². The molecule has 0 spiro atoms. The highest BCUT2D eigenvalue weighted by Crippen LogP contribution is 2.23. The van der Waals surface area contributed by atoms with Crippen LogP contribution in [0.15, 0.2) is 23.7 Å². The standard InChI is InChI=1S/C10H7ClF2N4O2S/c11-5-3-15-10(16-7(5)8(18)19)20-4-6-14-1-2-17(6)9(12)13/h1-3,9H,4H2,(H,18,19). The maximum absolute atomic E-state index is 12.6. The smallest absolute Gasteiger partial charge is 0.356 e. The van der Waals surface area contributed by atoms with E-state index in [4.69, 9.17) is 16.7 Å². The van der Waals surface area contributed by atoms with Gasteiger partial charge in [0.25, 0.3) is 0 Å². The molecule has 106 valence electrons. The molecule has 1 N–H and O–H groups in total. The SMILES string of the molecule is O=C(O)c1nc(SCc2nccn2C(F)F)ncc1Cl. The van der Waals surface area contributed by atoms with Gasteiger partial charge in [0.15, 0.2) is 10.9 Å². The van der Waals surface area contributed by atoms with Crippen LogP contribution in [0.1, 0.15) is 22.9 Å². The number of hydrogen-bond acceptors (Lipinski definition) is 5. The Hall–Kier alpha value is -1.74. The van der Waals surface area contributed by atoms with Crippen LogP contribution in [-0.4, -0.2) is 30.6 Å². The van der Waals surface area contributed by atoms with E-state index < -0.39 is 12.5 Å². The van der Waals surface area contributed by atoms with Crippen molar-refractivity contribution < 1.29 is 18.7 Å². The van der Waals surface area contributed by atoms with Crippen molar-refractivity contribution in [2.45, 2.75) is 17.5 Å². The molecule has 10 heteroatoms. The molecule has 0 radical (unpaired) electrons. The number of rotatable bonds is 5. The lowest BCUT2D eigenvalue weighted by atomic mass is 10.4. The van der Waals surface area contributed by atoms with Crippen LogP contribution in [0.3, 0.4) is 0 Å². The molecule has 0 unspecified atom stereocenters. The van der Waals surface area contributed by atoms with E-state index in [0.29, 0.717) is 4.57 Å². The second-order valence-corrected chi connectivity index (χ2v) is 4.82. The number of aromatic carboxylic acids is 1. The van der Waals surface area contributed by atoms with Crippen LogP contribution in [0, 0.1) is 0 Å². The first-order valence-electron chi connectivity index (χ1n) is 5.17. The van der Waals surface area contributed by atoms with Crippen LogP contribution in [0.5, 0.6) is 0 Å². The molecule has 0 aliphatic rings. The predicted octanol–water partition coefficient (Wildman–Crippen LogP) is 2.71. The van der Waals surface area contributed by atoms with Gasteiger partial charge in [0, 0.05) is 12.4 Å². The van der Waals surface area contributed by atoms with Gasteiger partial charge in [-0.3, -0.25) is 4.57 Å². The van der Waals surface area contributed by atoms with Gasteiger partial charge < -0.3 is 5.11 Å². The monoisotopic (exact) mass is 320 g/mol. The number of carboxylic acid groups (broad SMARTS) is 1. The fourth-order valence-electron chi connectivity index (χ4n) is 1.33. The lowest BCUT2D eigenvalue weighted by Crippen LogP contribution is -2.05. The zero-order chi connectivity index (χ0) is 14.7. The third-order valence-electron chi connectivity index (χ3n) is 2.21. The van der Waals surface area contributed by atoms with Crippen molar-refractivity contribution in [3.63, 3.8) is 0 Å². The molecule has 2 heterocycles. The molecule has 0 aromatic carbocycles. The lowest BCUT2D eigenvalue weighted by Gasteiger charge is -2.06. The first-order chi connectivity index (χ1) is 9.49. The zero-order valence-electron chi connectivity index (χ0n) is 9.70. The normalized spacial score (nSPS) is 11.0. The Balaban J connectivity index is 2.13. The van der Waals surface area contributed by atoms with Crippen molar-refractivity contribution in [1.82, 2.24) is 19.5 Å². The molecule has 2 rings (SSSR count). The minimum atomic E-state index is -2.69. The van der Waals surface area contributed by atoms with Gasteiger partial charge in [0.05, 0.1) is 17.0 Å². The maximum Gasteiger partial charge on any atom is 0.356 e. The van der Waals surface area contributed by atoms with Crippen molar-refractivity contribution in [2.75, 3.05) is 0 Å². The number of alkyl halides is 2. The Morgan fingerprint density at radius 3 is 2.90 bits per heavy atom. The maximum atomic E-state index is 12.6. The number of aromatic nitrogens is 4. The predicted molar refractivity (Wildman–Crippen MR) is 67.0 cm³/mol. The van der Waals surface area contributed by atoms with E-state index in [-0.39, 0.29) is 27.5 Å². The number of thioether (sulfide) groups is 1. The summed E-state index contributed by atoms with van der Waals surface area (Å²) in [7, 11) is 0. The fourth-order valence-corrected chi connectivity index (χ4v) is 2.27. The van der Waals surface area contributed by atoms with Gasteiger partial charge in [0.1, 0.15) is 5.82 Å². The van der Waals surface area contributed by atoms with Gasteiger partial charge in [-0.25, -0.2) is 19.7 Å². The van der Waals surface area contributed by atoms with E-state index in [0.717, 1.165) is 24.2 Å². The molecule has 20 heavy (non-hydrogen) atoms. The van der Waals surface area contributed by atoms with Gasteiger partial charge in [-0.2, -0.15) is 8.78 Å². The lowest BCUT2D eigenvalue weighted by molar-refractivity contribution is 0.0674. The average Bonchev–Trinajstić information content (AvgIpc) is 2.86. The molecule has 0 fully saturated rings. The van der Waals surface area contributed by atoms with Crippen molar-refractivity contribution in [1.29, 1.82) is 0 Å². The quantitative estimate of drug-likeness (QED) is 0.674. The van der Waals surface area contributed by atoms with E-state index >= 15 is 0 Å². The Labute approximate surface area is 120 Å². The number of carboxylic acids is 1. The molecular weight excluding hydrogens is 314 g/mol. The minimum absolute atomic E-state index is 0.0814. The Kier molecular flexibility index (Phi) is 4.50. The Bertz CT molecular complexity index is 637. The van der Waals surface area contributed by atoms with Gasteiger partial charge in [0.2, 0.25) is 0 Å². The second-order valence-electron chi connectivity index (χ2n) is 3.47. The van der Waals surface area contributed by atoms with Crippen LogP contribution >= 0.6 is 23.4 Å². The number of nitrogens with zero attached hydrogens (tertiary/aromatic N) is 4. The minimum Gasteiger partial charge on any atom is -0.476 e. The van der Waals surface area contributed by atoms with E-state index in [1.807, 2.05) is 0 Å². The molecule has 2 aromatic rings. The molecule has 2 aromatic heterocycles. The molecule has 0 amide bonds. The third-order valence-corrected chi connectivity index (χ3v) is 3.35. The van der Waals surface area contributed by atoms with E-state index in [9.17, 15) is 13.6 Å². The summed E-state index contributed by atoms with van der Waals surface area (Å²) in [5, 5.41) is 8.89. The molecule has 6 nitrogen and oxygen atoms in total. The first kappa shape index (κ1) is 14.7. The fraction of sp³-hybridized carbons (Fsp3) is 0.200. The molecule has 0 atom stereocenters. The molecular formula is C10H7ClF2N4O2S. The van der Waals surface area contributed by atoms with Gasteiger partial charge >= 0.3 is 12.5 Å². The number of carbonyl (C=O) groups is 1. The van der Waals surface area contributed by atoms with Gasteiger partial charge in [-0.1, -0.05) is 23.4 Å². The van der Waals surface area contributed by atoms with Crippen LogP contribution in [0.4, 0.5) is 8.78 Å². The van der Waals surface area contributed by atoms with E-state index in [1.54, 1.807) is 0 Å². The van der Waals surface area contributed by atoms with Crippen LogP contribution in [0.25, 0.3) is 0 Å². The summed E-state index contributed by atoms with van der Waals surface area (Å²) >= 11 is 6.62. The molecule has 0 aliphatic carbocycles. The van der Waals surface area contributed by atoms with E-state index in [2.05, 4.69) is 15.0 Å². The Morgan fingerprint density at radius 2 is 2.25 bits per heavy atom. The van der Waals surface area contributed by atoms with Gasteiger partial charge in [-0.05, 0) is 0 Å². The summed E-state index contributed by atoms with van der Waals surface area (Å²) in [5.74, 6) is -1.06. The second kappa shape index (κ2) is 6.14. The highest BCUT2D eigenvalue weighted by atomic mass is 35.5. The van der Waals surface area contributed by atoms with Crippen molar-refractivity contribution >= 4 is 29.3 Å². The summed E-state index contributed by atoms with van der Waals surface area (Å²) in [6.45, 7) is -2.69. The summed E-state index contributed by atoms with van der Waals surface area (Å²) < 4.78 is 25.9. The first-order valence-corrected chi connectivity index (χ1v) is 6.54. The third kappa shape index (κ3) is 3.23. The van der Waals surface area contributed by atoms with Crippen molar-refractivity contribution in [2.24, 2.45) is 0 Å². The highest BCUT2D eigenvalue weighted by molar-refractivity contribution is 7.98. The topological polar surface area (TPSA) is 80.9 Å². The summed E-state index contributed by atoms with van der Waals surface area (Å²) in [4.78, 5) is 22.2. The molecule has 0 bridgehead atoms. The largest absolute Gasteiger partial charge is 0.476 e. The molecule has 0 aliphatic heterocycles. The van der Waals surface area contributed by atoms with Crippen LogP contribution in [0.2, 0.25) is 5.02 Å². The highest BCUT2D eigenvalue weighted by Gasteiger charge is 2.15. The average molecular weight is 321 g/mol. The van der Waals surface area contributed by atoms with Crippen LogP contribution in [-0.2, 0) is 5.75 Å². The number of imidazole rings is 1. The Morgan fingerprint density at radius 1 is 1.50 bits per heavy atom.